The number of ether oxygens (including phenoxy) is 1. The fraction of sp³-hybridized carbons (Fsp3) is 0.438. The van der Waals surface area contributed by atoms with Crippen molar-refractivity contribution in [1.29, 1.82) is 0 Å². The number of hydrogen-bond donors (Lipinski definition) is 0. The first kappa shape index (κ1) is 14.7. The van der Waals surface area contributed by atoms with Crippen molar-refractivity contribution < 1.29 is 9.53 Å². The zero-order chi connectivity index (χ0) is 13.1. The molecule has 98 valence electrons. The van der Waals surface area contributed by atoms with Crippen molar-refractivity contribution >= 4 is 5.78 Å². The van der Waals surface area contributed by atoms with Crippen molar-refractivity contribution in [3.05, 3.63) is 48.6 Å². The second-order valence-electron chi connectivity index (χ2n) is 4.36. The van der Waals surface area contributed by atoms with E-state index in [1.54, 1.807) is 0 Å². The largest absolute Gasteiger partial charge is 0.374 e. The normalized spacial score (nSPS) is 10.2. The van der Waals surface area contributed by atoms with Crippen molar-refractivity contribution in [2.75, 3.05) is 13.2 Å². The molecule has 0 bridgehead atoms. The van der Waals surface area contributed by atoms with Gasteiger partial charge >= 0.3 is 0 Å². The lowest BCUT2D eigenvalue weighted by Crippen LogP contribution is -2.09. The van der Waals surface area contributed by atoms with Gasteiger partial charge in [-0.2, -0.15) is 0 Å². The minimum absolute atomic E-state index is 0.191. The molecule has 0 saturated carbocycles. The van der Waals surface area contributed by atoms with E-state index in [0.717, 1.165) is 25.7 Å². The summed E-state index contributed by atoms with van der Waals surface area (Å²) in [7, 11) is 0. The Balaban J connectivity index is 1.98. The minimum atomic E-state index is 0.191. The van der Waals surface area contributed by atoms with Gasteiger partial charge in [0.1, 0.15) is 6.61 Å². The molecular weight excluding hydrogens is 224 g/mol. The summed E-state index contributed by atoms with van der Waals surface area (Å²) in [5.41, 5.74) is 1.32. The van der Waals surface area contributed by atoms with Gasteiger partial charge in [-0.05, 0) is 31.2 Å². The fourth-order valence-electron chi connectivity index (χ4n) is 1.72. The van der Waals surface area contributed by atoms with Crippen molar-refractivity contribution in [2.24, 2.45) is 0 Å². The van der Waals surface area contributed by atoms with Crippen LogP contribution in [-0.4, -0.2) is 19.0 Å². The quantitative estimate of drug-likeness (QED) is 0.466. The Bertz CT molecular complexity index is 343. The van der Waals surface area contributed by atoms with Crippen molar-refractivity contribution in [1.82, 2.24) is 0 Å². The number of ketones is 1. The third-order valence-corrected chi connectivity index (χ3v) is 2.72. The summed E-state index contributed by atoms with van der Waals surface area (Å²) in [6, 6.07) is 10.3. The van der Waals surface area contributed by atoms with Crippen LogP contribution in [0.5, 0.6) is 0 Å². The zero-order valence-corrected chi connectivity index (χ0v) is 10.9. The SMILES string of the molecule is C=CCCCC(=O)COCCCc1ccccc1. The molecule has 0 heterocycles. The second-order valence-corrected chi connectivity index (χ2v) is 4.36. The Morgan fingerprint density at radius 1 is 1.22 bits per heavy atom. The molecule has 0 aliphatic carbocycles. The van der Waals surface area contributed by atoms with Crippen molar-refractivity contribution in [2.45, 2.75) is 32.1 Å². The number of benzene rings is 1. The van der Waals surface area contributed by atoms with Gasteiger partial charge in [0.05, 0.1) is 0 Å². The standard InChI is InChI=1S/C16H22O2/c1-2-3-5-12-16(17)14-18-13-8-11-15-9-6-4-7-10-15/h2,4,6-7,9-10H,1,3,5,8,11-14H2. The number of carbonyl (C=O) groups excluding carboxylic acids is 1. The maximum Gasteiger partial charge on any atom is 0.158 e. The van der Waals surface area contributed by atoms with E-state index in [2.05, 4.69) is 18.7 Å². The van der Waals surface area contributed by atoms with E-state index < -0.39 is 0 Å². The number of hydrogen-bond acceptors (Lipinski definition) is 2. The number of carbonyl (C=O) groups is 1. The first-order valence-electron chi connectivity index (χ1n) is 6.57. The molecule has 0 atom stereocenters. The lowest BCUT2D eigenvalue weighted by molar-refractivity contribution is -0.123. The van der Waals surface area contributed by atoms with Gasteiger partial charge in [0.25, 0.3) is 0 Å². The van der Waals surface area contributed by atoms with Gasteiger partial charge in [0.2, 0.25) is 0 Å². The van der Waals surface area contributed by atoms with Gasteiger partial charge in [-0.1, -0.05) is 36.4 Å². The Labute approximate surface area is 110 Å². The minimum Gasteiger partial charge on any atom is -0.374 e. The highest BCUT2D eigenvalue weighted by Crippen LogP contribution is 2.03. The maximum absolute atomic E-state index is 11.4. The molecular formula is C16H22O2. The molecule has 0 saturated heterocycles. The van der Waals surface area contributed by atoms with Crippen LogP contribution in [0.15, 0.2) is 43.0 Å². The predicted molar refractivity (Wildman–Crippen MR) is 74.6 cm³/mol. The predicted octanol–water partition coefficient (Wildman–Crippen LogP) is 3.56. The topological polar surface area (TPSA) is 26.3 Å². The number of rotatable bonds is 10. The van der Waals surface area contributed by atoms with E-state index in [0.29, 0.717) is 13.0 Å². The summed E-state index contributed by atoms with van der Waals surface area (Å²) >= 11 is 0. The van der Waals surface area contributed by atoms with Crippen LogP contribution in [-0.2, 0) is 16.0 Å². The van der Waals surface area contributed by atoms with Crippen LogP contribution in [0.3, 0.4) is 0 Å². The van der Waals surface area contributed by atoms with Crippen LogP contribution in [0.25, 0.3) is 0 Å². The molecule has 0 fully saturated rings. The summed E-state index contributed by atoms with van der Waals surface area (Å²) in [6.07, 6.45) is 6.20. The summed E-state index contributed by atoms with van der Waals surface area (Å²) in [5.74, 6) is 0.191. The van der Waals surface area contributed by atoms with Crippen LogP contribution in [0, 0.1) is 0 Å². The number of Topliss-reactive ketones (excluding diaryl/α,β-unsaturated/α-hetero) is 1. The monoisotopic (exact) mass is 246 g/mol. The Morgan fingerprint density at radius 3 is 2.72 bits per heavy atom. The van der Waals surface area contributed by atoms with Crippen LogP contribution in [0.2, 0.25) is 0 Å². The molecule has 1 aromatic rings. The van der Waals surface area contributed by atoms with Gasteiger partial charge in [0, 0.05) is 13.0 Å². The summed E-state index contributed by atoms with van der Waals surface area (Å²) in [4.78, 5) is 11.4. The number of aryl methyl sites for hydroxylation is 1. The molecule has 1 aromatic carbocycles. The average Bonchev–Trinajstić information content (AvgIpc) is 2.40. The van der Waals surface area contributed by atoms with Gasteiger partial charge < -0.3 is 4.74 Å². The zero-order valence-electron chi connectivity index (χ0n) is 10.9. The second kappa shape index (κ2) is 9.60. The average molecular weight is 246 g/mol. The molecule has 0 N–H and O–H groups in total. The Morgan fingerprint density at radius 2 is 2.00 bits per heavy atom. The summed E-state index contributed by atoms with van der Waals surface area (Å²) < 4.78 is 5.37. The fourth-order valence-corrected chi connectivity index (χ4v) is 1.72. The van der Waals surface area contributed by atoms with E-state index >= 15 is 0 Å². The first-order valence-corrected chi connectivity index (χ1v) is 6.57. The lowest BCUT2D eigenvalue weighted by atomic mass is 10.1. The molecule has 0 radical (unpaired) electrons. The highest BCUT2D eigenvalue weighted by atomic mass is 16.5. The van der Waals surface area contributed by atoms with Gasteiger partial charge in [-0.25, -0.2) is 0 Å². The molecule has 2 heteroatoms. The molecule has 0 spiro atoms. The van der Waals surface area contributed by atoms with E-state index in [1.807, 2.05) is 24.3 Å². The van der Waals surface area contributed by atoms with E-state index in [-0.39, 0.29) is 12.4 Å². The van der Waals surface area contributed by atoms with Crippen LogP contribution in [0.4, 0.5) is 0 Å². The summed E-state index contributed by atoms with van der Waals surface area (Å²) in [5, 5.41) is 0. The molecule has 0 aromatic heterocycles. The van der Waals surface area contributed by atoms with E-state index in [1.165, 1.54) is 5.56 Å². The molecule has 0 unspecified atom stereocenters. The molecule has 0 aliphatic rings. The van der Waals surface area contributed by atoms with Crippen LogP contribution in [0.1, 0.15) is 31.2 Å². The maximum atomic E-state index is 11.4. The lowest BCUT2D eigenvalue weighted by Gasteiger charge is -2.04. The van der Waals surface area contributed by atoms with Crippen LogP contribution < -0.4 is 0 Å². The first-order chi connectivity index (χ1) is 8.83. The third kappa shape index (κ3) is 7.02. The molecule has 0 aliphatic heterocycles. The Hall–Kier alpha value is -1.41. The smallest absolute Gasteiger partial charge is 0.158 e. The molecule has 2 nitrogen and oxygen atoms in total. The third-order valence-electron chi connectivity index (χ3n) is 2.72. The van der Waals surface area contributed by atoms with Gasteiger partial charge in [-0.3, -0.25) is 4.79 Å². The van der Waals surface area contributed by atoms with Gasteiger partial charge in [-0.15, -0.1) is 6.58 Å². The summed E-state index contributed by atoms with van der Waals surface area (Å²) in [6.45, 7) is 4.54. The molecule has 0 amide bonds. The molecule has 18 heavy (non-hydrogen) atoms. The molecule has 1 rings (SSSR count). The Kier molecular flexibility index (Phi) is 7.82. The highest BCUT2D eigenvalue weighted by Gasteiger charge is 2.01. The number of unbranched alkanes of at least 4 members (excludes halogenated alkanes) is 1. The van der Waals surface area contributed by atoms with E-state index in [9.17, 15) is 4.79 Å². The van der Waals surface area contributed by atoms with Crippen LogP contribution >= 0.6 is 0 Å². The van der Waals surface area contributed by atoms with Gasteiger partial charge in [0.15, 0.2) is 5.78 Å². The van der Waals surface area contributed by atoms with E-state index in [4.69, 9.17) is 4.74 Å². The highest BCUT2D eigenvalue weighted by molar-refractivity contribution is 5.79. The number of allylic oxidation sites excluding steroid dienone is 1. The van der Waals surface area contributed by atoms with Crippen molar-refractivity contribution in [3.8, 4) is 0 Å². The van der Waals surface area contributed by atoms with Crippen molar-refractivity contribution in [3.63, 3.8) is 0 Å².